The molecule has 0 aliphatic carbocycles. The summed E-state index contributed by atoms with van der Waals surface area (Å²) in [6, 6.07) is 7.98. The van der Waals surface area contributed by atoms with Crippen molar-refractivity contribution in [2.75, 3.05) is 7.11 Å². The fourth-order valence-electron chi connectivity index (χ4n) is 2.25. The van der Waals surface area contributed by atoms with Crippen molar-refractivity contribution in [3.05, 3.63) is 71.0 Å². The first-order chi connectivity index (χ1) is 12.2. The molecule has 4 nitrogen and oxygen atoms in total. The van der Waals surface area contributed by atoms with E-state index in [1.165, 1.54) is 31.4 Å². The Morgan fingerprint density at radius 2 is 1.62 bits per heavy atom. The maximum atomic E-state index is 13.1. The van der Waals surface area contributed by atoms with Crippen molar-refractivity contribution in [2.45, 2.75) is 18.6 Å². The Morgan fingerprint density at radius 3 is 2.12 bits per heavy atom. The van der Waals surface area contributed by atoms with Gasteiger partial charge >= 0.3 is 12.1 Å². The molecule has 2 aromatic rings. The minimum absolute atomic E-state index is 0.00465. The largest absolute Gasteiger partial charge is 0.469 e. The van der Waals surface area contributed by atoms with Gasteiger partial charge in [0.05, 0.1) is 25.1 Å². The SMILES string of the molecule is COC(=O)C[C@H](NC(=O)c1ccc(C(F)(F)F)cc1)c1ccc(F)cc1. The van der Waals surface area contributed by atoms with Crippen LogP contribution in [0.1, 0.15) is 33.9 Å². The maximum Gasteiger partial charge on any atom is 0.416 e. The van der Waals surface area contributed by atoms with Crippen LogP contribution in [0.15, 0.2) is 48.5 Å². The predicted octanol–water partition coefficient (Wildman–Crippen LogP) is 3.88. The smallest absolute Gasteiger partial charge is 0.416 e. The number of carbonyl (C=O) groups excluding carboxylic acids is 2. The van der Waals surface area contributed by atoms with Crippen molar-refractivity contribution in [1.82, 2.24) is 5.32 Å². The number of benzene rings is 2. The summed E-state index contributed by atoms with van der Waals surface area (Å²) in [5, 5.41) is 2.55. The van der Waals surface area contributed by atoms with E-state index in [2.05, 4.69) is 10.1 Å². The van der Waals surface area contributed by atoms with Crippen LogP contribution in [0.25, 0.3) is 0 Å². The summed E-state index contributed by atoms with van der Waals surface area (Å²) in [6.07, 6.45) is -4.72. The zero-order valence-electron chi connectivity index (χ0n) is 13.6. The Labute approximate surface area is 146 Å². The lowest BCUT2D eigenvalue weighted by molar-refractivity contribution is -0.141. The lowest BCUT2D eigenvalue weighted by atomic mass is 10.0. The molecule has 0 aromatic heterocycles. The first kappa shape index (κ1) is 19.4. The Bertz CT molecular complexity index is 771. The number of nitrogens with one attached hydrogen (secondary N) is 1. The highest BCUT2D eigenvalue weighted by Gasteiger charge is 2.30. The number of alkyl halides is 3. The standard InChI is InChI=1S/C18H15F4NO3/c1-26-16(24)10-15(11-4-8-14(19)9-5-11)23-17(25)12-2-6-13(7-3-12)18(20,21)22/h2-9,15H,10H2,1H3,(H,23,25)/t15-/m0/s1. The highest BCUT2D eigenvalue weighted by molar-refractivity contribution is 5.94. The van der Waals surface area contributed by atoms with E-state index >= 15 is 0 Å². The van der Waals surface area contributed by atoms with Gasteiger partial charge in [-0.1, -0.05) is 12.1 Å². The number of ether oxygens (including phenoxy) is 1. The van der Waals surface area contributed by atoms with Crippen LogP contribution < -0.4 is 5.32 Å². The van der Waals surface area contributed by atoms with E-state index in [1.54, 1.807) is 0 Å². The molecule has 0 heterocycles. The predicted molar refractivity (Wildman–Crippen MR) is 84.7 cm³/mol. The molecular weight excluding hydrogens is 354 g/mol. The molecule has 2 aromatic carbocycles. The molecule has 0 saturated heterocycles. The highest BCUT2D eigenvalue weighted by atomic mass is 19.4. The molecule has 1 amide bonds. The molecule has 0 spiro atoms. The Kier molecular flexibility index (Phi) is 5.97. The van der Waals surface area contributed by atoms with Crippen molar-refractivity contribution >= 4 is 11.9 Å². The van der Waals surface area contributed by atoms with Gasteiger partial charge in [0.2, 0.25) is 0 Å². The van der Waals surface area contributed by atoms with Crippen molar-refractivity contribution < 1.29 is 31.9 Å². The minimum Gasteiger partial charge on any atom is -0.469 e. The Morgan fingerprint density at radius 1 is 1.04 bits per heavy atom. The molecule has 138 valence electrons. The van der Waals surface area contributed by atoms with Gasteiger partial charge in [-0.15, -0.1) is 0 Å². The van der Waals surface area contributed by atoms with Crippen LogP contribution in [0, 0.1) is 5.82 Å². The third-order valence-electron chi connectivity index (χ3n) is 3.65. The van der Waals surface area contributed by atoms with Crippen molar-refractivity contribution in [3.8, 4) is 0 Å². The fraction of sp³-hybridized carbons (Fsp3) is 0.222. The molecule has 0 aliphatic heterocycles. The lowest BCUT2D eigenvalue weighted by Gasteiger charge is -2.18. The number of esters is 1. The zero-order valence-corrected chi connectivity index (χ0v) is 13.6. The van der Waals surface area contributed by atoms with E-state index in [0.29, 0.717) is 5.56 Å². The number of methoxy groups -OCH3 is 1. The number of amides is 1. The van der Waals surface area contributed by atoms with E-state index in [4.69, 9.17) is 0 Å². The van der Waals surface area contributed by atoms with Crippen LogP contribution >= 0.6 is 0 Å². The Hall–Kier alpha value is -2.90. The van der Waals surface area contributed by atoms with Gasteiger partial charge in [-0.05, 0) is 42.0 Å². The van der Waals surface area contributed by atoms with E-state index < -0.39 is 35.5 Å². The third-order valence-corrected chi connectivity index (χ3v) is 3.65. The van der Waals surface area contributed by atoms with Crippen LogP contribution in [0.3, 0.4) is 0 Å². The van der Waals surface area contributed by atoms with E-state index in [9.17, 15) is 27.2 Å². The summed E-state index contributed by atoms with van der Waals surface area (Å²) >= 11 is 0. The monoisotopic (exact) mass is 369 g/mol. The van der Waals surface area contributed by atoms with Crippen molar-refractivity contribution in [1.29, 1.82) is 0 Å². The molecule has 1 N–H and O–H groups in total. The van der Waals surface area contributed by atoms with Crippen LogP contribution in [0.5, 0.6) is 0 Å². The molecule has 26 heavy (non-hydrogen) atoms. The number of rotatable bonds is 5. The molecule has 8 heteroatoms. The summed E-state index contributed by atoms with van der Waals surface area (Å²) < 4.78 is 55.4. The molecule has 0 aliphatic rings. The van der Waals surface area contributed by atoms with Crippen LogP contribution in [0.2, 0.25) is 0 Å². The molecule has 1 atom stereocenters. The van der Waals surface area contributed by atoms with Gasteiger partial charge in [0.15, 0.2) is 0 Å². The van der Waals surface area contributed by atoms with Gasteiger partial charge in [0.1, 0.15) is 5.82 Å². The molecule has 0 radical (unpaired) electrons. The summed E-state index contributed by atoms with van der Waals surface area (Å²) in [7, 11) is 1.18. The number of hydrogen-bond acceptors (Lipinski definition) is 3. The van der Waals surface area contributed by atoms with Gasteiger partial charge in [-0.3, -0.25) is 9.59 Å². The molecule has 2 rings (SSSR count). The quantitative estimate of drug-likeness (QED) is 0.643. The molecule has 0 unspecified atom stereocenters. The van der Waals surface area contributed by atoms with E-state index in [1.807, 2.05) is 0 Å². The normalized spacial score (nSPS) is 12.3. The van der Waals surface area contributed by atoms with E-state index in [0.717, 1.165) is 24.3 Å². The Balaban J connectivity index is 2.20. The molecule has 0 saturated carbocycles. The minimum atomic E-state index is -4.50. The van der Waals surface area contributed by atoms with Crippen LogP contribution in [-0.2, 0) is 15.7 Å². The average Bonchev–Trinajstić information content (AvgIpc) is 2.61. The number of hydrogen-bond donors (Lipinski definition) is 1. The second-order valence-electron chi connectivity index (χ2n) is 5.43. The summed E-state index contributed by atoms with van der Waals surface area (Å²) in [5.74, 6) is -1.76. The first-order valence-electron chi connectivity index (χ1n) is 7.51. The van der Waals surface area contributed by atoms with E-state index in [-0.39, 0.29) is 12.0 Å². The maximum absolute atomic E-state index is 13.1. The zero-order chi connectivity index (χ0) is 19.3. The van der Waals surface area contributed by atoms with Crippen LogP contribution in [0.4, 0.5) is 17.6 Å². The van der Waals surface area contributed by atoms with Gasteiger partial charge in [-0.25, -0.2) is 4.39 Å². The lowest BCUT2D eigenvalue weighted by Crippen LogP contribution is -2.30. The number of carbonyl (C=O) groups is 2. The summed E-state index contributed by atoms with van der Waals surface area (Å²) in [4.78, 5) is 23.9. The molecular formula is C18H15F4NO3. The van der Waals surface area contributed by atoms with Gasteiger partial charge in [0.25, 0.3) is 5.91 Å². The topological polar surface area (TPSA) is 55.4 Å². The average molecular weight is 369 g/mol. The second-order valence-corrected chi connectivity index (χ2v) is 5.43. The summed E-state index contributed by atoms with van der Waals surface area (Å²) in [6.45, 7) is 0. The first-order valence-corrected chi connectivity index (χ1v) is 7.51. The van der Waals surface area contributed by atoms with Crippen molar-refractivity contribution in [3.63, 3.8) is 0 Å². The fourth-order valence-corrected chi connectivity index (χ4v) is 2.25. The number of halogens is 4. The van der Waals surface area contributed by atoms with Crippen LogP contribution in [-0.4, -0.2) is 19.0 Å². The third kappa shape index (κ3) is 5.05. The van der Waals surface area contributed by atoms with Gasteiger partial charge < -0.3 is 10.1 Å². The molecule has 0 fully saturated rings. The second kappa shape index (κ2) is 7.99. The molecule has 0 bridgehead atoms. The summed E-state index contributed by atoms with van der Waals surface area (Å²) in [5.41, 5.74) is -0.425. The van der Waals surface area contributed by atoms with Gasteiger partial charge in [0, 0.05) is 5.56 Å². The van der Waals surface area contributed by atoms with Crippen molar-refractivity contribution in [2.24, 2.45) is 0 Å². The van der Waals surface area contributed by atoms with Gasteiger partial charge in [-0.2, -0.15) is 13.2 Å². The highest BCUT2D eigenvalue weighted by Crippen LogP contribution is 2.29.